The molecule has 0 bridgehead atoms. The largest absolute Gasteiger partial charge is 0.461 e. The van der Waals surface area contributed by atoms with E-state index in [4.69, 9.17) is 10.5 Å². The van der Waals surface area contributed by atoms with Gasteiger partial charge in [-0.15, -0.1) is 11.3 Å². The summed E-state index contributed by atoms with van der Waals surface area (Å²) in [5, 5.41) is 0. The average Bonchev–Trinajstić information content (AvgIpc) is 2.56. The summed E-state index contributed by atoms with van der Waals surface area (Å²) >= 11 is 1.39. The van der Waals surface area contributed by atoms with Crippen molar-refractivity contribution in [3.63, 3.8) is 0 Å². The standard InChI is InChI=1S/C12H19NO2S/c1-4-5-8(2)7-15-12(14)11-6-10(13)9(3)16-11/h6,8H,4-5,7,13H2,1-3H3. The molecule has 0 radical (unpaired) electrons. The summed E-state index contributed by atoms with van der Waals surface area (Å²) in [6.45, 7) is 6.60. The first-order chi connectivity index (χ1) is 7.54. The van der Waals surface area contributed by atoms with E-state index in [0.717, 1.165) is 17.7 Å². The monoisotopic (exact) mass is 241 g/mol. The molecule has 2 N–H and O–H groups in total. The summed E-state index contributed by atoms with van der Waals surface area (Å²) in [6.07, 6.45) is 2.20. The molecule has 0 fully saturated rings. The highest BCUT2D eigenvalue weighted by Crippen LogP contribution is 2.24. The lowest BCUT2D eigenvalue weighted by Crippen LogP contribution is -2.11. The highest BCUT2D eigenvalue weighted by Gasteiger charge is 2.13. The summed E-state index contributed by atoms with van der Waals surface area (Å²) in [6, 6.07) is 1.69. The van der Waals surface area contributed by atoms with Crippen LogP contribution < -0.4 is 5.73 Å². The molecule has 16 heavy (non-hydrogen) atoms. The van der Waals surface area contributed by atoms with E-state index >= 15 is 0 Å². The minimum Gasteiger partial charge on any atom is -0.461 e. The molecule has 1 aromatic heterocycles. The van der Waals surface area contributed by atoms with Crippen molar-refractivity contribution in [1.29, 1.82) is 0 Å². The molecular formula is C12H19NO2S. The van der Waals surface area contributed by atoms with Crippen LogP contribution in [-0.4, -0.2) is 12.6 Å². The Balaban J connectivity index is 2.46. The Labute approximate surface area is 101 Å². The molecule has 1 atom stereocenters. The van der Waals surface area contributed by atoms with Crippen molar-refractivity contribution in [3.05, 3.63) is 15.8 Å². The van der Waals surface area contributed by atoms with Gasteiger partial charge in [-0.25, -0.2) is 4.79 Å². The molecule has 1 unspecified atom stereocenters. The Hall–Kier alpha value is -1.03. The van der Waals surface area contributed by atoms with Crippen LogP contribution in [0.5, 0.6) is 0 Å². The minimum absolute atomic E-state index is 0.257. The summed E-state index contributed by atoms with van der Waals surface area (Å²) < 4.78 is 5.23. The Morgan fingerprint density at radius 2 is 2.31 bits per heavy atom. The van der Waals surface area contributed by atoms with Crippen molar-refractivity contribution in [2.75, 3.05) is 12.3 Å². The third-order valence-corrected chi connectivity index (χ3v) is 3.48. The molecule has 0 spiro atoms. The summed E-state index contributed by atoms with van der Waals surface area (Å²) in [4.78, 5) is 13.2. The lowest BCUT2D eigenvalue weighted by molar-refractivity contribution is 0.0449. The molecule has 4 heteroatoms. The van der Waals surface area contributed by atoms with E-state index in [9.17, 15) is 4.79 Å². The quantitative estimate of drug-likeness (QED) is 0.805. The molecule has 1 aromatic rings. The van der Waals surface area contributed by atoms with E-state index in [-0.39, 0.29) is 5.97 Å². The highest BCUT2D eigenvalue weighted by molar-refractivity contribution is 7.14. The van der Waals surface area contributed by atoms with Gasteiger partial charge in [0.15, 0.2) is 0 Å². The van der Waals surface area contributed by atoms with Crippen LogP contribution in [0.2, 0.25) is 0 Å². The fourth-order valence-electron chi connectivity index (χ4n) is 1.46. The molecule has 90 valence electrons. The number of aryl methyl sites for hydroxylation is 1. The van der Waals surface area contributed by atoms with Crippen LogP contribution in [-0.2, 0) is 4.74 Å². The van der Waals surface area contributed by atoms with Crippen molar-refractivity contribution in [1.82, 2.24) is 0 Å². The van der Waals surface area contributed by atoms with Gasteiger partial charge in [0.2, 0.25) is 0 Å². The Morgan fingerprint density at radius 3 is 2.81 bits per heavy atom. The zero-order valence-corrected chi connectivity index (χ0v) is 10.9. The number of nitrogens with two attached hydrogens (primary N) is 1. The van der Waals surface area contributed by atoms with Gasteiger partial charge in [0.25, 0.3) is 0 Å². The fourth-order valence-corrected chi connectivity index (χ4v) is 2.30. The number of hydrogen-bond acceptors (Lipinski definition) is 4. The van der Waals surface area contributed by atoms with Gasteiger partial charge in [0.05, 0.1) is 6.61 Å². The van der Waals surface area contributed by atoms with E-state index in [0.29, 0.717) is 23.1 Å². The van der Waals surface area contributed by atoms with Crippen LogP contribution in [0.25, 0.3) is 0 Å². The molecule has 0 aliphatic heterocycles. The van der Waals surface area contributed by atoms with Crippen LogP contribution >= 0.6 is 11.3 Å². The topological polar surface area (TPSA) is 52.3 Å². The van der Waals surface area contributed by atoms with Crippen LogP contribution in [0.1, 0.15) is 41.2 Å². The molecule has 1 heterocycles. The zero-order valence-electron chi connectivity index (χ0n) is 10.1. The van der Waals surface area contributed by atoms with E-state index in [1.807, 2.05) is 6.92 Å². The number of rotatable bonds is 5. The maximum Gasteiger partial charge on any atom is 0.348 e. The predicted molar refractivity (Wildman–Crippen MR) is 67.8 cm³/mol. The highest BCUT2D eigenvalue weighted by atomic mass is 32.1. The molecule has 0 aliphatic rings. The predicted octanol–water partition coefficient (Wildman–Crippen LogP) is 3.23. The van der Waals surface area contributed by atoms with E-state index < -0.39 is 0 Å². The Morgan fingerprint density at radius 1 is 1.62 bits per heavy atom. The molecule has 0 saturated heterocycles. The lowest BCUT2D eigenvalue weighted by Gasteiger charge is -2.09. The Bertz CT molecular complexity index is 340. The summed E-state index contributed by atoms with van der Waals surface area (Å²) in [5.41, 5.74) is 6.35. The van der Waals surface area contributed by atoms with Crippen molar-refractivity contribution >= 4 is 23.0 Å². The van der Waals surface area contributed by atoms with Crippen molar-refractivity contribution in [2.24, 2.45) is 5.92 Å². The smallest absolute Gasteiger partial charge is 0.348 e. The third-order valence-electron chi connectivity index (χ3n) is 2.44. The number of nitrogen functional groups attached to an aromatic ring is 1. The number of carbonyl (C=O) groups excluding carboxylic acids is 1. The van der Waals surface area contributed by atoms with Crippen molar-refractivity contribution in [3.8, 4) is 0 Å². The van der Waals surface area contributed by atoms with Crippen LogP contribution in [0.15, 0.2) is 6.07 Å². The number of anilines is 1. The van der Waals surface area contributed by atoms with E-state index in [2.05, 4.69) is 13.8 Å². The third kappa shape index (κ3) is 3.52. The lowest BCUT2D eigenvalue weighted by atomic mass is 10.1. The zero-order chi connectivity index (χ0) is 12.1. The first kappa shape index (κ1) is 13.0. The number of hydrogen-bond donors (Lipinski definition) is 1. The molecule has 0 aromatic carbocycles. The normalized spacial score (nSPS) is 12.4. The molecule has 0 amide bonds. The van der Waals surface area contributed by atoms with Gasteiger partial charge < -0.3 is 10.5 Å². The summed E-state index contributed by atoms with van der Waals surface area (Å²) in [7, 11) is 0. The molecule has 0 saturated carbocycles. The molecule has 3 nitrogen and oxygen atoms in total. The first-order valence-corrected chi connectivity index (χ1v) is 6.39. The van der Waals surface area contributed by atoms with Gasteiger partial charge in [-0.3, -0.25) is 0 Å². The second-order valence-electron chi connectivity index (χ2n) is 4.11. The SMILES string of the molecule is CCCC(C)COC(=O)c1cc(N)c(C)s1. The molecule has 1 rings (SSSR count). The Kier molecular flexibility index (Phi) is 4.80. The number of carbonyl (C=O) groups is 1. The van der Waals surface area contributed by atoms with Gasteiger partial charge in [-0.2, -0.15) is 0 Å². The molecular weight excluding hydrogens is 222 g/mol. The molecule has 0 aliphatic carbocycles. The second-order valence-corrected chi connectivity index (χ2v) is 5.37. The van der Waals surface area contributed by atoms with Crippen LogP contribution in [0, 0.1) is 12.8 Å². The van der Waals surface area contributed by atoms with Crippen molar-refractivity contribution < 1.29 is 9.53 Å². The second kappa shape index (κ2) is 5.89. The van der Waals surface area contributed by atoms with Crippen LogP contribution in [0.4, 0.5) is 5.69 Å². The van der Waals surface area contributed by atoms with Gasteiger partial charge in [0, 0.05) is 10.6 Å². The fraction of sp³-hybridized carbons (Fsp3) is 0.583. The van der Waals surface area contributed by atoms with Gasteiger partial charge >= 0.3 is 5.97 Å². The van der Waals surface area contributed by atoms with Gasteiger partial charge in [0.1, 0.15) is 4.88 Å². The van der Waals surface area contributed by atoms with E-state index in [1.165, 1.54) is 11.3 Å². The maximum atomic E-state index is 11.7. The van der Waals surface area contributed by atoms with E-state index in [1.54, 1.807) is 6.07 Å². The average molecular weight is 241 g/mol. The number of ether oxygens (including phenoxy) is 1. The van der Waals surface area contributed by atoms with Crippen molar-refractivity contribution in [2.45, 2.75) is 33.6 Å². The number of thiophene rings is 1. The number of esters is 1. The summed E-state index contributed by atoms with van der Waals surface area (Å²) in [5.74, 6) is 0.167. The maximum absolute atomic E-state index is 11.7. The minimum atomic E-state index is -0.257. The van der Waals surface area contributed by atoms with Gasteiger partial charge in [-0.1, -0.05) is 20.3 Å². The van der Waals surface area contributed by atoms with Gasteiger partial charge in [-0.05, 0) is 25.3 Å². The van der Waals surface area contributed by atoms with Crippen LogP contribution in [0.3, 0.4) is 0 Å². The first-order valence-electron chi connectivity index (χ1n) is 5.57.